The first-order valence-electron chi connectivity index (χ1n) is 9.21. The van der Waals surface area contributed by atoms with Crippen LogP contribution in [0, 0.1) is 0 Å². The van der Waals surface area contributed by atoms with E-state index in [9.17, 15) is 4.79 Å². The third kappa shape index (κ3) is 5.65. The summed E-state index contributed by atoms with van der Waals surface area (Å²) in [6.45, 7) is 0.713. The fraction of sp³-hybridized carbons (Fsp3) is 0.174. The normalized spacial score (nSPS) is 10.1. The Morgan fingerprint density at radius 2 is 1.59 bits per heavy atom. The van der Waals surface area contributed by atoms with Crippen LogP contribution >= 0.6 is 0 Å². The highest BCUT2D eigenvalue weighted by Gasteiger charge is 2.09. The molecule has 0 bridgehead atoms. The van der Waals surface area contributed by atoms with Crippen molar-refractivity contribution in [1.82, 2.24) is 5.32 Å². The maximum absolute atomic E-state index is 12.4. The number of carbonyl (C=O) groups excluding carboxylic acids is 1. The van der Waals surface area contributed by atoms with E-state index in [4.69, 9.17) is 14.2 Å². The van der Waals surface area contributed by atoms with E-state index in [1.165, 1.54) is 0 Å². The Kier molecular flexibility index (Phi) is 6.95. The SMILES string of the molecule is COc1ccc(CNC(=O)Nc2ccccc2COc2ccccc2)cc1OC. The second-order valence-corrected chi connectivity index (χ2v) is 6.26. The third-order valence-electron chi connectivity index (χ3n) is 4.30. The van der Waals surface area contributed by atoms with Gasteiger partial charge in [0.2, 0.25) is 0 Å². The van der Waals surface area contributed by atoms with Gasteiger partial charge in [0.05, 0.1) is 14.2 Å². The van der Waals surface area contributed by atoms with Gasteiger partial charge in [0.15, 0.2) is 11.5 Å². The molecular formula is C23H24N2O4. The van der Waals surface area contributed by atoms with Crippen LogP contribution in [0.15, 0.2) is 72.8 Å². The van der Waals surface area contributed by atoms with Crippen molar-refractivity contribution < 1.29 is 19.0 Å². The molecule has 0 saturated heterocycles. The molecule has 0 radical (unpaired) electrons. The quantitative estimate of drug-likeness (QED) is 0.588. The Morgan fingerprint density at radius 1 is 0.862 bits per heavy atom. The number of anilines is 1. The number of hydrogen-bond acceptors (Lipinski definition) is 4. The van der Waals surface area contributed by atoms with Crippen LogP contribution < -0.4 is 24.8 Å². The number of urea groups is 1. The lowest BCUT2D eigenvalue weighted by Gasteiger charge is -2.14. The van der Waals surface area contributed by atoms with Crippen molar-refractivity contribution in [3.05, 3.63) is 83.9 Å². The number of benzene rings is 3. The highest BCUT2D eigenvalue weighted by atomic mass is 16.5. The minimum atomic E-state index is -0.299. The topological polar surface area (TPSA) is 68.8 Å². The van der Waals surface area contributed by atoms with Gasteiger partial charge in [0.25, 0.3) is 0 Å². The molecule has 2 amide bonds. The van der Waals surface area contributed by atoms with Crippen LogP contribution in [0.2, 0.25) is 0 Å². The molecule has 0 fully saturated rings. The van der Waals surface area contributed by atoms with Crippen LogP contribution in [0.4, 0.5) is 10.5 Å². The average Bonchev–Trinajstić information content (AvgIpc) is 2.77. The smallest absolute Gasteiger partial charge is 0.319 e. The summed E-state index contributed by atoms with van der Waals surface area (Å²) in [5.74, 6) is 2.05. The van der Waals surface area contributed by atoms with E-state index in [0.29, 0.717) is 30.3 Å². The van der Waals surface area contributed by atoms with Crippen LogP contribution in [-0.4, -0.2) is 20.3 Å². The molecule has 0 saturated carbocycles. The summed E-state index contributed by atoms with van der Waals surface area (Å²) in [7, 11) is 3.17. The first kappa shape index (κ1) is 20.1. The van der Waals surface area contributed by atoms with Crippen molar-refractivity contribution in [2.75, 3.05) is 19.5 Å². The lowest BCUT2D eigenvalue weighted by Crippen LogP contribution is -2.28. The van der Waals surface area contributed by atoms with Crippen LogP contribution in [0.3, 0.4) is 0 Å². The summed E-state index contributed by atoms with van der Waals surface area (Å²) in [6.07, 6.45) is 0. The van der Waals surface area contributed by atoms with E-state index >= 15 is 0 Å². The Balaban J connectivity index is 1.58. The Morgan fingerprint density at radius 3 is 2.34 bits per heavy atom. The molecule has 3 aromatic carbocycles. The zero-order valence-corrected chi connectivity index (χ0v) is 16.5. The van der Waals surface area contributed by atoms with E-state index in [1.807, 2.05) is 72.8 Å². The summed E-state index contributed by atoms with van der Waals surface area (Å²) >= 11 is 0. The molecule has 3 rings (SSSR count). The third-order valence-corrected chi connectivity index (χ3v) is 4.30. The fourth-order valence-electron chi connectivity index (χ4n) is 2.79. The number of hydrogen-bond donors (Lipinski definition) is 2. The van der Waals surface area contributed by atoms with E-state index in [2.05, 4.69) is 10.6 Å². The van der Waals surface area contributed by atoms with Crippen LogP contribution in [0.1, 0.15) is 11.1 Å². The summed E-state index contributed by atoms with van der Waals surface area (Å²) in [5, 5.41) is 5.73. The molecule has 2 N–H and O–H groups in total. The average molecular weight is 392 g/mol. The van der Waals surface area contributed by atoms with Gasteiger partial charge in [-0.25, -0.2) is 4.79 Å². The molecular weight excluding hydrogens is 368 g/mol. The Bertz CT molecular complexity index is 945. The second-order valence-electron chi connectivity index (χ2n) is 6.26. The van der Waals surface area contributed by atoms with Crippen LogP contribution in [0.25, 0.3) is 0 Å². The van der Waals surface area contributed by atoms with Crippen molar-refractivity contribution in [2.24, 2.45) is 0 Å². The van der Waals surface area contributed by atoms with Crippen molar-refractivity contribution in [3.63, 3.8) is 0 Å². The number of methoxy groups -OCH3 is 2. The molecule has 0 aromatic heterocycles. The maximum Gasteiger partial charge on any atom is 0.319 e. The van der Waals surface area contributed by atoms with Crippen molar-refractivity contribution in [1.29, 1.82) is 0 Å². The summed E-state index contributed by atoms with van der Waals surface area (Å²) in [5.41, 5.74) is 2.49. The van der Waals surface area contributed by atoms with Crippen molar-refractivity contribution >= 4 is 11.7 Å². The van der Waals surface area contributed by atoms with E-state index in [1.54, 1.807) is 14.2 Å². The molecule has 0 aliphatic carbocycles. The van der Waals surface area contributed by atoms with Gasteiger partial charge in [-0.2, -0.15) is 0 Å². The van der Waals surface area contributed by atoms with E-state index < -0.39 is 0 Å². The Hall–Kier alpha value is -3.67. The van der Waals surface area contributed by atoms with Gasteiger partial charge in [0.1, 0.15) is 12.4 Å². The zero-order chi connectivity index (χ0) is 20.5. The van der Waals surface area contributed by atoms with Gasteiger partial charge in [-0.1, -0.05) is 42.5 Å². The van der Waals surface area contributed by atoms with E-state index in [-0.39, 0.29) is 6.03 Å². The van der Waals surface area contributed by atoms with E-state index in [0.717, 1.165) is 16.9 Å². The van der Waals surface area contributed by atoms with Crippen LogP contribution in [-0.2, 0) is 13.2 Å². The monoisotopic (exact) mass is 392 g/mol. The standard InChI is InChI=1S/C23H24N2O4/c1-27-21-13-12-17(14-22(21)28-2)15-24-23(26)25-20-11-7-6-8-18(20)16-29-19-9-4-3-5-10-19/h3-14H,15-16H2,1-2H3,(H2,24,25,26). The number of para-hydroxylation sites is 2. The van der Waals surface area contributed by atoms with Crippen molar-refractivity contribution in [2.45, 2.75) is 13.2 Å². The predicted octanol–water partition coefficient (Wildman–Crippen LogP) is 4.60. The minimum Gasteiger partial charge on any atom is -0.493 e. The van der Waals surface area contributed by atoms with Gasteiger partial charge in [-0.05, 0) is 35.9 Å². The predicted molar refractivity (Wildman–Crippen MR) is 113 cm³/mol. The fourth-order valence-corrected chi connectivity index (χ4v) is 2.79. The molecule has 0 heterocycles. The van der Waals surface area contributed by atoms with Gasteiger partial charge >= 0.3 is 6.03 Å². The molecule has 0 unspecified atom stereocenters. The number of amides is 2. The lowest BCUT2D eigenvalue weighted by molar-refractivity contribution is 0.251. The maximum atomic E-state index is 12.4. The number of carbonyl (C=O) groups is 1. The zero-order valence-electron chi connectivity index (χ0n) is 16.5. The summed E-state index contributed by atoms with van der Waals surface area (Å²) in [6, 6.07) is 22.3. The highest BCUT2D eigenvalue weighted by molar-refractivity contribution is 5.90. The molecule has 6 heteroatoms. The first-order chi connectivity index (χ1) is 14.2. The molecule has 0 aliphatic heterocycles. The lowest BCUT2D eigenvalue weighted by atomic mass is 10.2. The number of nitrogens with one attached hydrogen (secondary N) is 2. The number of rotatable bonds is 8. The Labute approximate surface area is 170 Å². The van der Waals surface area contributed by atoms with Gasteiger partial charge in [-0.3, -0.25) is 0 Å². The molecule has 0 atom stereocenters. The molecule has 3 aromatic rings. The summed E-state index contributed by atoms with van der Waals surface area (Å²) in [4.78, 5) is 12.4. The van der Waals surface area contributed by atoms with Gasteiger partial charge in [-0.15, -0.1) is 0 Å². The molecule has 0 spiro atoms. The van der Waals surface area contributed by atoms with Crippen molar-refractivity contribution in [3.8, 4) is 17.2 Å². The van der Waals surface area contributed by atoms with Gasteiger partial charge in [0, 0.05) is 17.8 Å². The second kappa shape index (κ2) is 10.0. The first-order valence-corrected chi connectivity index (χ1v) is 9.21. The molecule has 29 heavy (non-hydrogen) atoms. The highest BCUT2D eigenvalue weighted by Crippen LogP contribution is 2.27. The number of ether oxygens (including phenoxy) is 3. The molecule has 6 nitrogen and oxygen atoms in total. The molecule has 150 valence electrons. The summed E-state index contributed by atoms with van der Waals surface area (Å²) < 4.78 is 16.3. The molecule has 0 aliphatic rings. The largest absolute Gasteiger partial charge is 0.493 e. The van der Waals surface area contributed by atoms with Crippen LogP contribution in [0.5, 0.6) is 17.2 Å². The minimum absolute atomic E-state index is 0.299. The van der Waals surface area contributed by atoms with Gasteiger partial charge < -0.3 is 24.8 Å².